The Bertz CT molecular complexity index is 1030. The lowest BCUT2D eigenvalue weighted by Gasteiger charge is -2.13. The van der Waals surface area contributed by atoms with E-state index in [0.29, 0.717) is 22.9 Å². The van der Waals surface area contributed by atoms with E-state index in [0.717, 1.165) is 17.9 Å². The molecule has 1 aromatic carbocycles. The first-order chi connectivity index (χ1) is 14.0. The van der Waals surface area contributed by atoms with Gasteiger partial charge in [-0.05, 0) is 56.0 Å². The van der Waals surface area contributed by atoms with Gasteiger partial charge in [-0.25, -0.2) is 13.7 Å². The van der Waals surface area contributed by atoms with Crippen LogP contribution in [0.25, 0.3) is 16.8 Å². The van der Waals surface area contributed by atoms with Gasteiger partial charge in [-0.1, -0.05) is 0 Å². The molecule has 1 aliphatic carbocycles. The summed E-state index contributed by atoms with van der Waals surface area (Å²) in [5.41, 5.74) is 6.82. The highest BCUT2D eigenvalue weighted by Gasteiger charge is 2.22. The van der Waals surface area contributed by atoms with Gasteiger partial charge < -0.3 is 20.5 Å². The van der Waals surface area contributed by atoms with E-state index in [2.05, 4.69) is 10.4 Å². The number of benzene rings is 1. The summed E-state index contributed by atoms with van der Waals surface area (Å²) in [6.07, 6.45) is 4.27. The summed E-state index contributed by atoms with van der Waals surface area (Å²) in [6, 6.07) is 9.31. The Morgan fingerprint density at radius 3 is 2.79 bits per heavy atom. The molecular weight excluding hydrogens is 375 g/mol. The SMILES string of the molecule is CC(COc1ccc(-c2cc3ccc(OCC4CC4)cn3n2)c(F)c1)NC(N)=O. The van der Waals surface area contributed by atoms with Crippen LogP contribution < -0.4 is 20.5 Å². The zero-order valence-corrected chi connectivity index (χ0v) is 16.1. The van der Waals surface area contributed by atoms with Crippen molar-refractivity contribution in [2.24, 2.45) is 11.7 Å². The molecule has 0 radical (unpaired) electrons. The molecule has 3 N–H and O–H groups in total. The number of primary amides is 1. The number of carbonyl (C=O) groups excluding carboxylic acids is 1. The standard InChI is InChI=1S/C21H23FN4O3/c1-13(24-21(23)27)11-28-16-6-7-18(19(22)9-16)20-8-15-4-5-17(10-26(15)25-20)29-12-14-2-3-14/h4-10,13-14H,2-3,11-12H2,1H3,(H3,23,24,27). The van der Waals surface area contributed by atoms with Gasteiger partial charge in [0, 0.05) is 11.6 Å². The van der Waals surface area contributed by atoms with Gasteiger partial charge >= 0.3 is 6.03 Å². The number of aromatic nitrogens is 2. The molecule has 29 heavy (non-hydrogen) atoms. The maximum atomic E-state index is 14.7. The van der Waals surface area contributed by atoms with Crippen LogP contribution in [0, 0.1) is 11.7 Å². The van der Waals surface area contributed by atoms with Gasteiger partial charge in [0.2, 0.25) is 0 Å². The molecule has 4 rings (SSSR count). The molecule has 3 aromatic rings. The van der Waals surface area contributed by atoms with Crippen LogP contribution in [-0.2, 0) is 0 Å². The number of pyridine rings is 1. The van der Waals surface area contributed by atoms with Crippen molar-refractivity contribution in [3.63, 3.8) is 0 Å². The predicted molar refractivity (Wildman–Crippen MR) is 106 cm³/mol. The predicted octanol–water partition coefficient (Wildman–Crippen LogP) is 3.36. The molecule has 0 saturated heterocycles. The number of urea groups is 1. The number of ether oxygens (including phenoxy) is 2. The number of rotatable bonds is 8. The molecule has 8 heteroatoms. The number of nitrogens with two attached hydrogens (primary N) is 1. The van der Waals surface area contributed by atoms with Crippen molar-refractivity contribution in [2.45, 2.75) is 25.8 Å². The topological polar surface area (TPSA) is 90.9 Å². The molecule has 0 bridgehead atoms. The largest absolute Gasteiger partial charge is 0.492 e. The molecule has 1 unspecified atom stereocenters. The van der Waals surface area contributed by atoms with Gasteiger partial charge in [-0.15, -0.1) is 0 Å². The average molecular weight is 398 g/mol. The molecule has 2 aromatic heterocycles. The number of halogens is 1. The van der Waals surface area contributed by atoms with Crippen molar-refractivity contribution < 1.29 is 18.7 Å². The highest BCUT2D eigenvalue weighted by molar-refractivity contribution is 5.72. The van der Waals surface area contributed by atoms with Crippen LogP contribution >= 0.6 is 0 Å². The molecule has 1 saturated carbocycles. The van der Waals surface area contributed by atoms with E-state index in [-0.39, 0.29) is 12.6 Å². The van der Waals surface area contributed by atoms with Crippen molar-refractivity contribution in [2.75, 3.05) is 13.2 Å². The van der Waals surface area contributed by atoms with Crippen LogP contribution in [0.1, 0.15) is 19.8 Å². The summed E-state index contributed by atoms with van der Waals surface area (Å²) in [7, 11) is 0. The highest BCUT2D eigenvalue weighted by atomic mass is 19.1. The summed E-state index contributed by atoms with van der Waals surface area (Å²) in [4.78, 5) is 10.8. The lowest BCUT2D eigenvalue weighted by Crippen LogP contribution is -2.40. The van der Waals surface area contributed by atoms with Gasteiger partial charge in [0.25, 0.3) is 0 Å². The number of hydrogen-bond donors (Lipinski definition) is 2. The Balaban J connectivity index is 1.47. The van der Waals surface area contributed by atoms with E-state index in [1.807, 2.05) is 24.4 Å². The highest BCUT2D eigenvalue weighted by Crippen LogP contribution is 2.30. The monoisotopic (exact) mass is 398 g/mol. The minimum Gasteiger partial charge on any atom is -0.492 e. The van der Waals surface area contributed by atoms with Gasteiger partial charge in [0.1, 0.15) is 23.9 Å². The zero-order valence-electron chi connectivity index (χ0n) is 16.1. The number of nitrogens with one attached hydrogen (secondary N) is 1. The molecule has 2 heterocycles. The fourth-order valence-electron chi connectivity index (χ4n) is 2.98. The molecule has 152 valence electrons. The zero-order chi connectivity index (χ0) is 20.4. The van der Waals surface area contributed by atoms with Crippen molar-refractivity contribution >= 4 is 11.5 Å². The lowest BCUT2D eigenvalue weighted by atomic mass is 10.1. The molecule has 0 aliphatic heterocycles. The van der Waals surface area contributed by atoms with Crippen LogP contribution in [-0.4, -0.2) is 34.9 Å². The molecular formula is C21H23FN4O3. The Labute approximate surface area is 167 Å². The second-order valence-electron chi connectivity index (χ2n) is 7.38. The van der Waals surface area contributed by atoms with Gasteiger partial charge in [0.15, 0.2) is 0 Å². The van der Waals surface area contributed by atoms with E-state index in [1.165, 1.54) is 18.9 Å². The van der Waals surface area contributed by atoms with Crippen LogP contribution in [0.5, 0.6) is 11.5 Å². The van der Waals surface area contributed by atoms with E-state index >= 15 is 0 Å². The number of carbonyl (C=O) groups is 1. The van der Waals surface area contributed by atoms with Crippen molar-refractivity contribution in [3.05, 3.63) is 48.4 Å². The smallest absolute Gasteiger partial charge is 0.312 e. The molecule has 1 atom stereocenters. The second kappa shape index (κ2) is 7.98. The Morgan fingerprint density at radius 1 is 1.28 bits per heavy atom. The Morgan fingerprint density at radius 2 is 2.07 bits per heavy atom. The first-order valence-corrected chi connectivity index (χ1v) is 9.59. The normalized spacial score (nSPS) is 14.6. The van der Waals surface area contributed by atoms with E-state index in [9.17, 15) is 9.18 Å². The summed E-state index contributed by atoms with van der Waals surface area (Å²) >= 11 is 0. The molecule has 0 spiro atoms. The first kappa shape index (κ1) is 19.0. The van der Waals surface area contributed by atoms with E-state index in [1.54, 1.807) is 23.6 Å². The van der Waals surface area contributed by atoms with Crippen molar-refractivity contribution in [3.8, 4) is 22.8 Å². The number of nitrogens with zero attached hydrogens (tertiary/aromatic N) is 2. The summed E-state index contributed by atoms with van der Waals surface area (Å²) in [5, 5.41) is 6.98. The minimum atomic E-state index is -0.629. The lowest BCUT2D eigenvalue weighted by molar-refractivity contribution is 0.233. The molecule has 1 aliphatic rings. The van der Waals surface area contributed by atoms with Crippen molar-refractivity contribution in [1.82, 2.24) is 14.9 Å². The van der Waals surface area contributed by atoms with E-state index in [4.69, 9.17) is 15.2 Å². The molecule has 2 amide bonds. The summed E-state index contributed by atoms with van der Waals surface area (Å²) < 4.78 is 27.6. The van der Waals surface area contributed by atoms with Crippen LogP contribution in [0.4, 0.5) is 9.18 Å². The van der Waals surface area contributed by atoms with Crippen LogP contribution in [0.3, 0.4) is 0 Å². The van der Waals surface area contributed by atoms with Gasteiger partial charge in [-0.3, -0.25) is 0 Å². The van der Waals surface area contributed by atoms with Crippen LogP contribution in [0.2, 0.25) is 0 Å². The quantitative estimate of drug-likeness (QED) is 0.609. The second-order valence-corrected chi connectivity index (χ2v) is 7.38. The number of fused-ring (bicyclic) bond motifs is 1. The third kappa shape index (κ3) is 4.77. The fourth-order valence-corrected chi connectivity index (χ4v) is 2.98. The third-order valence-electron chi connectivity index (χ3n) is 4.72. The Hall–Kier alpha value is -3.29. The molecule has 1 fully saturated rings. The fraction of sp³-hybridized carbons (Fsp3) is 0.333. The summed E-state index contributed by atoms with van der Waals surface area (Å²) in [5.74, 6) is 1.35. The maximum Gasteiger partial charge on any atom is 0.312 e. The Kier molecular flexibility index (Phi) is 5.24. The van der Waals surface area contributed by atoms with Gasteiger partial charge in [0.05, 0.1) is 30.1 Å². The summed E-state index contributed by atoms with van der Waals surface area (Å²) in [6.45, 7) is 2.65. The van der Waals surface area contributed by atoms with E-state index < -0.39 is 11.8 Å². The minimum absolute atomic E-state index is 0.180. The van der Waals surface area contributed by atoms with Gasteiger partial charge in [-0.2, -0.15) is 5.10 Å². The average Bonchev–Trinajstić information content (AvgIpc) is 3.41. The molecule has 7 nitrogen and oxygen atoms in total. The maximum absolute atomic E-state index is 14.7. The first-order valence-electron chi connectivity index (χ1n) is 9.59. The number of amides is 2. The van der Waals surface area contributed by atoms with Crippen molar-refractivity contribution in [1.29, 1.82) is 0 Å². The van der Waals surface area contributed by atoms with Crippen LogP contribution in [0.15, 0.2) is 42.6 Å². The number of hydrogen-bond acceptors (Lipinski definition) is 4. The third-order valence-corrected chi connectivity index (χ3v) is 4.72.